The molecule has 1 fully saturated rings. The van der Waals surface area contributed by atoms with Crippen LogP contribution in [0.25, 0.3) is 0 Å². The monoisotopic (exact) mass is 156 g/mol. The van der Waals surface area contributed by atoms with Gasteiger partial charge in [-0.15, -0.1) is 0 Å². The first kappa shape index (κ1) is 9.05. The van der Waals surface area contributed by atoms with Crippen LogP contribution >= 0.6 is 0 Å². The Kier molecular flexibility index (Phi) is 2.58. The van der Waals surface area contributed by atoms with Crippen LogP contribution in [0, 0.1) is 11.8 Å². The molecule has 1 heterocycles. The third kappa shape index (κ3) is 1.44. The third-order valence-electron chi connectivity index (χ3n) is 3.04. The Morgan fingerprint density at radius 2 is 1.64 bits per heavy atom. The summed E-state index contributed by atoms with van der Waals surface area (Å²) in [6.07, 6.45) is 2.50. The van der Waals surface area contributed by atoms with E-state index in [1.807, 2.05) is 0 Å². The Balaban J connectivity index is 2.70. The van der Waals surface area contributed by atoms with Crippen LogP contribution in [-0.4, -0.2) is 12.2 Å². The summed E-state index contributed by atoms with van der Waals surface area (Å²) in [7, 11) is 0. The van der Waals surface area contributed by atoms with Crippen LogP contribution < -0.4 is 0 Å². The van der Waals surface area contributed by atoms with E-state index in [4.69, 9.17) is 4.74 Å². The standard InChI is InChI=1S/C10H20O/c1-8(2)10(9(3)4)6-5-7-11-10/h8-9H,5-7H2,1-4H3. The molecule has 1 aliphatic rings. The molecule has 1 saturated heterocycles. The second-order valence-corrected chi connectivity index (χ2v) is 4.22. The fourth-order valence-electron chi connectivity index (χ4n) is 2.26. The SMILES string of the molecule is CC(C)C1(C(C)C)CCCO1. The van der Waals surface area contributed by atoms with E-state index < -0.39 is 0 Å². The van der Waals surface area contributed by atoms with Crippen molar-refractivity contribution in [2.24, 2.45) is 11.8 Å². The fourth-order valence-corrected chi connectivity index (χ4v) is 2.26. The van der Waals surface area contributed by atoms with E-state index in [0.29, 0.717) is 11.8 Å². The summed E-state index contributed by atoms with van der Waals surface area (Å²) in [5.74, 6) is 1.31. The van der Waals surface area contributed by atoms with E-state index in [1.165, 1.54) is 12.8 Å². The van der Waals surface area contributed by atoms with E-state index >= 15 is 0 Å². The lowest BCUT2D eigenvalue weighted by molar-refractivity contribution is -0.0682. The topological polar surface area (TPSA) is 9.23 Å². The molecule has 0 unspecified atom stereocenters. The summed E-state index contributed by atoms with van der Waals surface area (Å²) in [6.45, 7) is 10.0. The van der Waals surface area contributed by atoms with Crippen LogP contribution in [0.3, 0.4) is 0 Å². The van der Waals surface area contributed by atoms with Crippen molar-refractivity contribution in [3.05, 3.63) is 0 Å². The van der Waals surface area contributed by atoms with E-state index in [2.05, 4.69) is 27.7 Å². The van der Waals surface area contributed by atoms with Crippen LogP contribution in [0.4, 0.5) is 0 Å². The van der Waals surface area contributed by atoms with Crippen LogP contribution in [0.5, 0.6) is 0 Å². The molecule has 0 aromatic rings. The number of ether oxygens (including phenoxy) is 1. The highest BCUT2D eigenvalue weighted by atomic mass is 16.5. The van der Waals surface area contributed by atoms with Gasteiger partial charge in [-0.25, -0.2) is 0 Å². The summed E-state index contributed by atoms with van der Waals surface area (Å²) in [5, 5.41) is 0. The Labute approximate surface area is 70.1 Å². The van der Waals surface area contributed by atoms with Gasteiger partial charge in [-0.1, -0.05) is 27.7 Å². The summed E-state index contributed by atoms with van der Waals surface area (Å²) in [6, 6.07) is 0. The largest absolute Gasteiger partial charge is 0.374 e. The number of hydrogen-bond acceptors (Lipinski definition) is 1. The maximum atomic E-state index is 5.86. The molecular weight excluding hydrogens is 136 g/mol. The van der Waals surface area contributed by atoms with Crippen molar-refractivity contribution in [3.8, 4) is 0 Å². The van der Waals surface area contributed by atoms with Crippen molar-refractivity contribution in [1.29, 1.82) is 0 Å². The first-order valence-corrected chi connectivity index (χ1v) is 4.73. The van der Waals surface area contributed by atoms with Crippen LogP contribution in [-0.2, 0) is 4.74 Å². The normalized spacial score (nSPS) is 23.5. The van der Waals surface area contributed by atoms with Gasteiger partial charge < -0.3 is 4.74 Å². The van der Waals surface area contributed by atoms with Crippen molar-refractivity contribution in [2.75, 3.05) is 6.61 Å². The number of hydrogen-bond donors (Lipinski definition) is 0. The molecule has 0 aromatic carbocycles. The molecule has 1 rings (SSSR count). The smallest absolute Gasteiger partial charge is 0.0728 e. The molecular formula is C10H20O. The average Bonchev–Trinajstić information content (AvgIpc) is 2.34. The molecule has 0 radical (unpaired) electrons. The molecule has 0 bridgehead atoms. The quantitative estimate of drug-likeness (QED) is 0.597. The predicted octanol–water partition coefficient (Wildman–Crippen LogP) is 2.85. The van der Waals surface area contributed by atoms with Gasteiger partial charge in [0.25, 0.3) is 0 Å². The maximum Gasteiger partial charge on any atom is 0.0728 e. The van der Waals surface area contributed by atoms with E-state index in [9.17, 15) is 0 Å². The molecule has 11 heavy (non-hydrogen) atoms. The van der Waals surface area contributed by atoms with Crippen molar-refractivity contribution in [2.45, 2.75) is 46.1 Å². The predicted molar refractivity (Wildman–Crippen MR) is 47.6 cm³/mol. The minimum Gasteiger partial charge on any atom is -0.374 e. The molecule has 0 aromatic heterocycles. The van der Waals surface area contributed by atoms with Gasteiger partial charge in [0, 0.05) is 6.61 Å². The van der Waals surface area contributed by atoms with E-state index in [1.54, 1.807) is 0 Å². The molecule has 0 spiro atoms. The first-order chi connectivity index (χ1) is 5.09. The van der Waals surface area contributed by atoms with Crippen molar-refractivity contribution in [1.82, 2.24) is 0 Å². The molecule has 0 atom stereocenters. The van der Waals surface area contributed by atoms with Gasteiger partial charge in [0.1, 0.15) is 0 Å². The van der Waals surface area contributed by atoms with Gasteiger partial charge in [0.05, 0.1) is 5.60 Å². The van der Waals surface area contributed by atoms with Crippen LogP contribution in [0.2, 0.25) is 0 Å². The minimum atomic E-state index is 0.194. The van der Waals surface area contributed by atoms with Gasteiger partial charge in [-0.3, -0.25) is 0 Å². The minimum absolute atomic E-state index is 0.194. The maximum absolute atomic E-state index is 5.86. The van der Waals surface area contributed by atoms with Crippen LogP contribution in [0.15, 0.2) is 0 Å². The molecule has 1 nitrogen and oxygen atoms in total. The summed E-state index contributed by atoms with van der Waals surface area (Å²) in [4.78, 5) is 0. The zero-order valence-corrected chi connectivity index (χ0v) is 8.18. The second-order valence-electron chi connectivity index (χ2n) is 4.22. The van der Waals surface area contributed by atoms with Crippen molar-refractivity contribution in [3.63, 3.8) is 0 Å². The Morgan fingerprint density at radius 3 is 1.82 bits per heavy atom. The zero-order valence-electron chi connectivity index (χ0n) is 8.18. The average molecular weight is 156 g/mol. The molecule has 0 amide bonds. The van der Waals surface area contributed by atoms with Gasteiger partial charge >= 0.3 is 0 Å². The molecule has 0 saturated carbocycles. The Bertz CT molecular complexity index is 111. The molecule has 0 N–H and O–H groups in total. The summed E-state index contributed by atoms with van der Waals surface area (Å²) in [5.41, 5.74) is 0.194. The molecule has 66 valence electrons. The Hall–Kier alpha value is -0.0400. The lowest BCUT2D eigenvalue weighted by Crippen LogP contribution is -2.39. The first-order valence-electron chi connectivity index (χ1n) is 4.73. The van der Waals surface area contributed by atoms with Crippen LogP contribution in [0.1, 0.15) is 40.5 Å². The number of rotatable bonds is 2. The molecule has 1 aliphatic heterocycles. The van der Waals surface area contributed by atoms with Gasteiger partial charge in [0.2, 0.25) is 0 Å². The van der Waals surface area contributed by atoms with E-state index in [-0.39, 0.29) is 5.60 Å². The zero-order chi connectivity index (χ0) is 8.48. The lowest BCUT2D eigenvalue weighted by Gasteiger charge is -2.36. The highest BCUT2D eigenvalue weighted by molar-refractivity contribution is 4.90. The van der Waals surface area contributed by atoms with Gasteiger partial charge in [-0.05, 0) is 24.7 Å². The summed E-state index contributed by atoms with van der Waals surface area (Å²) < 4.78 is 5.86. The van der Waals surface area contributed by atoms with E-state index in [0.717, 1.165) is 6.61 Å². The Morgan fingerprint density at radius 1 is 1.09 bits per heavy atom. The van der Waals surface area contributed by atoms with Gasteiger partial charge in [-0.2, -0.15) is 0 Å². The molecule has 0 aliphatic carbocycles. The molecule has 1 heteroatoms. The highest BCUT2D eigenvalue weighted by Crippen LogP contribution is 2.39. The second kappa shape index (κ2) is 3.14. The van der Waals surface area contributed by atoms with Crippen molar-refractivity contribution < 1.29 is 4.74 Å². The summed E-state index contributed by atoms with van der Waals surface area (Å²) >= 11 is 0. The lowest BCUT2D eigenvalue weighted by atomic mass is 9.78. The van der Waals surface area contributed by atoms with Gasteiger partial charge in [0.15, 0.2) is 0 Å². The third-order valence-corrected chi connectivity index (χ3v) is 3.04. The van der Waals surface area contributed by atoms with Crippen molar-refractivity contribution >= 4 is 0 Å². The highest BCUT2D eigenvalue weighted by Gasteiger charge is 2.40. The fraction of sp³-hybridized carbons (Fsp3) is 1.00.